The van der Waals surface area contributed by atoms with E-state index in [1.54, 1.807) is 0 Å². The number of hydrogen-bond donors (Lipinski definition) is 2. The summed E-state index contributed by atoms with van der Waals surface area (Å²) in [5, 5.41) is 10.7. The fraction of sp³-hybridized carbons (Fsp3) is 0.652. The maximum absolute atomic E-state index is 9.38. The molecule has 0 saturated carbocycles. The van der Waals surface area contributed by atoms with Crippen LogP contribution in [0.3, 0.4) is 0 Å². The Bertz CT molecular complexity index is 726. The lowest BCUT2D eigenvalue weighted by molar-refractivity contribution is -0.115. The molecule has 1 aromatic carbocycles. The molecule has 4 nitrogen and oxygen atoms in total. The molecule has 2 unspecified atom stereocenters. The van der Waals surface area contributed by atoms with Gasteiger partial charge in [0.25, 0.3) is 0 Å². The van der Waals surface area contributed by atoms with Crippen LogP contribution in [0.15, 0.2) is 24.3 Å². The number of aliphatic hydroxyl groups is 1. The molecule has 2 N–H and O–H groups in total. The van der Waals surface area contributed by atoms with Gasteiger partial charge < -0.3 is 19.7 Å². The predicted molar refractivity (Wildman–Crippen MR) is 112 cm³/mol. The zero-order valence-electron chi connectivity index (χ0n) is 17.3. The Hall–Kier alpha value is -1.36. The van der Waals surface area contributed by atoms with Gasteiger partial charge in [-0.3, -0.25) is 0 Å². The molecule has 150 valence electrons. The minimum atomic E-state index is -0.358. The van der Waals surface area contributed by atoms with Crippen LogP contribution >= 0.6 is 0 Å². The highest BCUT2D eigenvalue weighted by Crippen LogP contribution is 2.41. The van der Waals surface area contributed by atoms with E-state index in [1.165, 1.54) is 47.8 Å². The first-order valence-electron chi connectivity index (χ1n) is 10.6. The summed E-state index contributed by atoms with van der Waals surface area (Å²) in [5.74, 6) is 0. The van der Waals surface area contributed by atoms with Crippen molar-refractivity contribution in [3.05, 3.63) is 35.5 Å². The van der Waals surface area contributed by atoms with E-state index in [-0.39, 0.29) is 18.3 Å². The number of rotatable bonds is 10. The quantitative estimate of drug-likeness (QED) is 0.599. The van der Waals surface area contributed by atoms with E-state index in [4.69, 9.17) is 4.74 Å². The standard InChI is InChI=1S/C23H36N2O2/c1-4-5-6-9-14-25(3)17-18-16-20-19-11-7-8-12-21(19)24-22(20)23(2,27-18)13-10-15-26/h7-8,11-12,18,24,26H,4-6,9-10,13-17H2,1-3H3. The van der Waals surface area contributed by atoms with Gasteiger partial charge in [-0.1, -0.05) is 44.4 Å². The van der Waals surface area contributed by atoms with Crippen molar-refractivity contribution < 1.29 is 9.84 Å². The number of fused-ring (bicyclic) bond motifs is 3. The summed E-state index contributed by atoms with van der Waals surface area (Å²) in [5.41, 5.74) is 3.44. The van der Waals surface area contributed by atoms with Crippen LogP contribution in [0.5, 0.6) is 0 Å². The lowest BCUT2D eigenvalue weighted by Gasteiger charge is -2.40. The highest BCUT2D eigenvalue weighted by atomic mass is 16.5. The Morgan fingerprint density at radius 2 is 2.04 bits per heavy atom. The van der Waals surface area contributed by atoms with E-state index in [9.17, 15) is 5.11 Å². The number of aromatic nitrogens is 1. The second kappa shape index (κ2) is 9.22. The number of likely N-dealkylation sites (N-methyl/N-ethyl adjacent to an activating group) is 1. The lowest BCUT2D eigenvalue weighted by atomic mass is 9.87. The van der Waals surface area contributed by atoms with E-state index >= 15 is 0 Å². The number of unbranched alkanes of at least 4 members (excludes halogenated alkanes) is 3. The Morgan fingerprint density at radius 1 is 1.22 bits per heavy atom. The summed E-state index contributed by atoms with van der Waals surface area (Å²) < 4.78 is 6.65. The van der Waals surface area contributed by atoms with E-state index in [0.29, 0.717) is 0 Å². The molecule has 0 aliphatic carbocycles. The highest BCUT2D eigenvalue weighted by molar-refractivity contribution is 5.85. The van der Waals surface area contributed by atoms with Crippen LogP contribution in [0.25, 0.3) is 10.9 Å². The molecule has 0 saturated heterocycles. The maximum atomic E-state index is 9.38. The van der Waals surface area contributed by atoms with Gasteiger partial charge >= 0.3 is 0 Å². The van der Waals surface area contributed by atoms with Gasteiger partial charge in [0.15, 0.2) is 0 Å². The number of hydrogen-bond acceptors (Lipinski definition) is 3. The van der Waals surface area contributed by atoms with Gasteiger partial charge in [0.2, 0.25) is 0 Å². The summed E-state index contributed by atoms with van der Waals surface area (Å²) in [6.07, 6.45) is 7.91. The molecule has 4 heteroatoms. The number of aromatic amines is 1. The molecule has 0 bridgehead atoms. The minimum Gasteiger partial charge on any atom is -0.396 e. The van der Waals surface area contributed by atoms with Crippen LogP contribution in [0.4, 0.5) is 0 Å². The van der Waals surface area contributed by atoms with E-state index in [0.717, 1.165) is 32.4 Å². The topological polar surface area (TPSA) is 48.5 Å². The number of ether oxygens (including phenoxy) is 1. The molecule has 3 rings (SSSR count). The molecule has 1 aliphatic rings. The Morgan fingerprint density at radius 3 is 2.81 bits per heavy atom. The summed E-state index contributed by atoms with van der Waals surface area (Å²) in [6, 6.07) is 8.56. The molecule has 0 radical (unpaired) electrons. The zero-order chi connectivity index (χ0) is 19.3. The number of H-pyrrole nitrogens is 1. The predicted octanol–water partition coefficient (Wildman–Crippen LogP) is 4.61. The van der Waals surface area contributed by atoms with Crippen molar-refractivity contribution in [1.82, 2.24) is 9.88 Å². The number of aliphatic hydroxyl groups excluding tert-OH is 1. The van der Waals surface area contributed by atoms with Crippen LogP contribution in [0.2, 0.25) is 0 Å². The number of nitrogens with zero attached hydrogens (tertiary/aromatic N) is 1. The van der Waals surface area contributed by atoms with Gasteiger partial charge in [-0.05, 0) is 51.4 Å². The molecule has 1 aliphatic heterocycles. The first-order valence-corrected chi connectivity index (χ1v) is 10.6. The Balaban J connectivity index is 1.77. The second-order valence-corrected chi connectivity index (χ2v) is 8.35. The first-order chi connectivity index (χ1) is 13.1. The summed E-state index contributed by atoms with van der Waals surface area (Å²) in [6.45, 7) is 6.74. The third-order valence-corrected chi connectivity index (χ3v) is 5.92. The zero-order valence-corrected chi connectivity index (χ0v) is 17.3. The molecular formula is C23H36N2O2. The lowest BCUT2D eigenvalue weighted by Crippen LogP contribution is -2.43. The molecular weight excluding hydrogens is 336 g/mol. The van der Waals surface area contributed by atoms with Crippen LogP contribution in [0.1, 0.15) is 63.6 Å². The van der Waals surface area contributed by atoms with Crippen molar-refractivity contribution in [2.75, 3.05) is 26.7 Å². The fourth-order valence-corrected chi connectivity index (χ4v) is 4.51. The summed E-state index contributed by atoms with van der Waals surface area (Å²) >= 11 is 0. The van der Waals surface area contributed by atoms with Crippen LogP contribution < -0.4 is 0 Å². The average molecular weight is 373 g/mol. The average Bonchev–Trinajstić information content (AvgIpc) is 3.04. The smallest absolute Gasteiger partial charge is 0.106 e. The van der Waals surface area contributed by atoms with E-state index < -0.39 is 0 Å². The normalized spacial score (nSPS) is 22.5. The number of para-hydroxylation sites is 1. The van der Waals surface area contributed by atoms with Gasteiger partial charge in [0, 0.05) is 30.5 Å². The molecule has 2 aromatic rings. The van der Waals surface area contributed by atoms with Gasteiger partial charge in [-0.15, -0.1) is 0 Å². The molecule has 0 spiro atoms. The van der Waals surface area contributed by atoms with E-state index in [1.807, 2.05) is 0 Å². The van der Waals surface area contributed by atoms with Gasteiger partial charge in [0.05, 0.1) is 11.8 Å². The molecule has 2 heterocycles. The Labute approximate surface area is 163 Å². The van der Waals surface area contributed by atoms with Crippen molar-refractivity contribution in [3.8, 4) is 0 Å². The molecule has 27 heavy (non-hydrogen) atoms. The largest absolute Gasteiger partial charge is 0.396 e. The SMILES string of the molecule is CCCCCCN(C)CC1Cc2c([nH]c3ccccc23)C(C)(CCCO)O1. The van der Waals surface area contributed by atoms with Crippen molar-refractivity contribution in [3.63, 3.8) is 0 Å². The minimum absolute atomic E-state index is 0.191. The third-order valence-electron chi connectivity index (χ3n) is 5.92. The van der Waals surface area contributed by atoms with Crippen molar-refractivity contribution >= 4 is 10.9 Å². The molecule has 0 fully saturated rings. The van der Waals surface area contributed by atoms with Gasteiger partial charge in [0.1, 0.15) is 5.60 Å². The second-order valence-electron chi connectivity index (χ2n) is 8.35. The summed E-state index contributed by atoms with van der Waals surface area (Å²) in [7, 11) is 2.21. The van der Waals surface area contributed by atoms with E-state index in [2.05, 4.69) is 55.0 Å². The van der Waals surface area contributed by atoms with Crippen molar-refractivity contribution in [1.29, 1.82) is 0 Å². The third kappa shape index (κ3) is 4.74. The monoisotopic (exact) mass is 372 g/mol. The van der Waals surface area contributed by atoms with Crippen molar-refractivity contribution in [2.45, 2.75) is 70.5 Å². The highest BCUT2D eigenvalue weighted by Gasteiger charge is 2.39. The van der Waals surface area contributed by atoms with Crippen LogP contribution in [0, 0.1) is 0 Å². The number of benzene rings is 1. The summed E-state index contributed by atoms with van der Waals surface area (Å²) in [4.78, 5) is 6.04. The first kappa shape index (κ1) is 20.4. The van der Waals surface area contributed by atoms with Gasteiger partial charge in [-0.2, -0.15) is 0 Å². The molecule has 0 amide bonds. The maximum Gasteiger partial charge on any atom is 0.106 e. The molecule has 1 aromatic heterocycles. The van der Waals surface area contributed by atoms with Crippen LogP contribution in [-0.2, 0) is 16.8 Å². The van der Waals surface area contributed by atoms with Gasteiger partial charge in [-0.25, -0.2) is 0 Å². The number of nitrogens with one attached hydrogen (secondary N) is 1. The fourth-order valence-electron chi connectivity index (χ4n) is 4.51. The van der Waals surface area contributed by atoms with Crippen molar-refractivity contribution in [2.24, 2.45) is 0 Å². The molecule has 2 atom stereocenters. The van der Waals surface area contributed by atoms with Crippen LogP contribution in [-0.4, -0.2) is 47.8 Å². The Kier molecular flexibility index (Phi) is 6.96.